The molecule has 0 heterocycles. The summed E-state index contributed by atoms with van der Waals surface area (Å²) in [5.74, 6) is -1.41. The highest BCUT2D eigenvalue weighted by Crippen LogP contribution is 2.04. The molecule has 0 amide bonds. The highest BCUT2D eigenvalue weighted by atomic mass is 32.1. The molecule has 0 fully saturated rings. The van der Waals surface area contributed by atoms with Crippen LogP contribution in [0.25, 0.3) is 0 Å². The van der Waals surface area contributed by atoms with Gasteiger partial charge in [-0.15, -0.1) is 0 Å². The Bertz CT molecular complexity index is 368. The zero-order chi connectivity index (χ0) is 13.4. The van der Waals surface area contributed by atoms with Crippen LogP contribution in [-0.4, -0.2) is 29.3 Å². The van der Waals surface area contributed by atoms with Crippen LogP contribution >= 0.6 is 12.2 Å². The van der Waals surface area contributed by atoms with E-state index in [0.717, 1.165) is 6.08 Å². The number of carbonyl (C=O) groups excluding carboxylic acids is 2. The first-order chi connectivity index (χ1) is 7.86. The summed E-state index contributed by atoms with van der Waals surface area (Å²) < 4.78 is 9.71. The SMILES string of the molecule is CC(C)OC(=O)/C=C(/N=C=S)C(=O)OC(C)C. The molecule has 0 bridgehead atoms. The molecule has 0 aliphatic rings. The number of carbonyl (C=O) groups is 2. The first-order valence-corrected chi connectivity index (χ1v) is 5.48. The van der Waals surface area contributed by atoms with Gasteiger partial charge in [0.1, 0.15) is 0 Å². The summed E-state index contributed by atoms with van der Waals surface area (Å²) in [4.78, 5) is 26.3. The van der Waals surface area contributed by atoms with E-state index >= 15 is 0 Å². The van der Waals surface area contributed by atoms with Crippen LogP contribution in [0.1, 0.15) is 27.7 Å². The van der Waals surface area contributed by atoms with Crippen molar-refractivity contribution in [1.29, 1.82) is 0 Å². The fourth-order valence-electron chi connectivity index (χ4n) is 0.838. The topological polar surface area (TPSA) is 65.0 Å². The molecular formula is C11H15NO4S. The van der Waals surface area contributed by atoms with Crippen molar-refractivity contribution in [3.05, 3.63) is 11.8 Å². The van der Waals surface area contributed by atoms with Gasteiger partial charge in [0.15, 0.2) is 5.70 Å². The number of ether oxygens (including phenoxy) is 2. The number of nitrogens with zero attached hydrogens (tertiary/aromatic N) is 1. The van der Waals surface area contributed by atoms with Crippen molar-refractivity contribution in [2.24, 2.45) is 4.99 Å². The highest BCUT2D eigenvalue weighted by molar-refractivity contribution is 7.78. The summed E-state index contributed by atoms with van der Waals surface area (Å²) in [6, 6.07) is 0. The lowest BCUT2D eigenvalue weighted by Crippen LogP contribution is -2.15. The molecule has 5 nitrogen and oxygen atoms in total. The fraction of sp³-hybridized carbons (Fsp3) is 0.545. The Balaban J connectivity index is 4.84. The molecule has 6 heteroatoms. The van der Waals surface area contributed by atoms with E-state index in [0.29, 0.717) is 0 Å². The molecule has 0 aromatic rings. The molecule has 0 aromatic carbocycles. The minimum atomic E-state index is -0.738. The largest absolute Gasteiger partial charge is 0.460 e. The molecule has 0 spiro atoms. The van der Waals surface area contributed by atoms with Crippen molar-refractivity contribution in [3.63, 3.8) is 0 Å². The van der Waals surface area contributed by atoms with Gasteiger partial charge >= 0.3 is 11.9 Å². The fourth-order valence-corrected chi connectivity index (χ4v) is 0.937. The van der Waals surface area contributed by atoms with Gasteiger partial charge in [0.05, 0.1) is 23.4 Å². The molecule has 0 rings (SSSR count). The van der Waals surface area contributed by atoms with Gasteiger partial charge in [-0.1, -0.05) is 0 Å². The number of thiocarbonyl (C=S) groups is 1. The lowest BCUT2D eigenvalue weighted by molar-refractivity contribution is -0.145. The van der Waals surface area contributed by atoms with E-state index in [-0.39, 0.29) is 17.9 Å². The van der Waals surface area contributed by atoms with Crippen molar-refractivity contribution in [3.8, 4) is 0 Å². The second-order valence-electron chi connectivity index (χ2n) is 3.67. The molecule has 17 heavy (non-hydrogen) atoms. The predicted octanol–water partition coefficient (Wildman–Crippen LogP) is 1.88. The van der Waals surface area contributed by atoms with Crippen LogP contribution in [0.3, 0.4) is 0 Å². The van der Waals surface area contributed by atoms with Gasteiger partial charge in [-0.3, -0.25) is 0 Å². The summed E-state index contributed by atoms with van der Waals surface area (Å²) >= 11 is 4.38. The number of aliphatic imine (C=N–C) groups is 1. The lowest BCUT2D eigenvalue weighted by Gasteiger charge is -2.08. The molecule has 0 aliphatic heterocycles. The van der Waals surface area contributed by atoms with Gasteiger partial charge in [0.25, 0.3) is 0 Å². The van der Waals surface area contributed by atoms with Gasteiger partial charge in [0, 0.05) is 0 Å². The third-order valence-electron chi connectivity index (χ3n) is 1.32. The van der Waals surface area contributed by atoms with Crippen molar-refractivity contribution in [2.45, 2.75) is 39.9 Å². The van der Waals surface area contributed by atoms with Gasteiger partial charge in [-0.25, -0.2) is 9.59 Å². The molecule has 0 unspecified atom stereocenters. The van der Waals surface area contributed by atoms with Crippen molar-refractivity contribution < 1.29 is 19.1 Å². The maximum Gasteiger partial charge on any atom is 0.358 e. The molecule has 0 radical (unpaired) electrons. The minimum absolute atomic E-state index is 0.223. The molecular weight excluding hydrogens is 242 g/mol. The van der Waals surface area contributed by atoms with Crippen molar-refractivity contribution in [2.75, 3.05) is 0 Å². The Morgan fingerprint density at radius 3 is 2.12 bits per heavy atom. The van der Waals surface area contributed by atoms with E-state index in [4.69, 9.17) is 9.47 Å². The van der Waals surface area contributed by atoms with Crippen LogP contribution in [0.15, 0.2) is 16.8 Å². The third kappa shape index (κ3) is 7.38. The van der Waals surface area contributed by atoms with E-state index in [1.165, 1.54) is 0 Å². The van der Waals surface area contributed by atoms with Crippen LogP contribution in [0.5, 0.6) is 0 Å². The Morgan fingerprint density at radius 1 is 1.18 bits per heavy atom. The van der Waals surface area contributed by atoms with Gasteiger partial charge in [-0.05, 0) is 39.9 Å². The molecule has 0 saturated carbocycles. The zero-order valence-corrected chi connectivity index (χ0v) is 11.0. The smallest absolute Gasteiger partial charge is 0.358 e. The van der Waals surface area contributed by atoms with Gasteiger partial charge < -0.3 is 9.47 Å². The summed E-state index contributed by atoms with van der Waals surface area (Å²) in [6.45, 7) is 6.76. The van der Waals surface area contributed by atoms with E-state index in [1.54, 1.807) is 27.7 Å². The number of esters is 2. The molecule has 94 valence electrons. The zero-order valence-electron chi connectivity index (χ0n) is 10.2. The van der Waals surface area contributed by atoms with Crippen LogP contribution in [-0.2, 0) is 19.1 Å². The van der Waals surface area contributed by atoms with E-state index in [2.05, 4.69) is 17.2 Å². The number of isothiocyanates is 1. The third-order valence-corrected chi connectivity index (χ3v) is 1.42. The summed E-state index contributed by atoms with van der Waals surface area (Å²) in [6.07, 6.45) is 0.342. The first-order valence-electron chi connectivity index (χ1n) is 5.08. The monoisotopic (exact) mass is 257 g/mol. The first kappa shape index (κ1) is 15.5. The van der Waals surface area contributed by atoms with Crippen LogP contribution in [0, 0.1) is 0 Å². The van der Waals surface area contributed by atoms with E-state index < -0.39 is 11.9 Å². The normalized spacial score (nSPS) is 11.1. The second kappa shape index (κ2) is 7.70. The molecule has 0 aromatic heterocycles. The number of rotatable bonds is 5. The number of hydrogen-bond acceptors (Lipinski definition) is 6. The second-order valence-corrected chi connectivity index (χ2v) is 3.85. The van der Waals surface area contributed by atoms with Crippen LogP contribution in [0.4, 0.5) is 0 Å². The Morgan fingerprint density at radius 2 is 1.71 bits per heavy atom. The van der Waals surface area contributed by atoms with Crippen molar-refractivity contribution in [1.82, 2.24) is 0 Å². The molecule has 0 aliphatic carbocycles. The van der Waals surface area contributed by atoms with E-state index in [9.17, 15) is 9.59 Å². The predicted molar refractivity (Wildman–Crippen MR) is 65.6 cm³/mol. The van der Waals surface area contributed by atoms with Gasteiger partial charge in [-0.2, -0.15) is 4.99 Å². The Hall–Kier alpha value is -1.52. The lowest BCUT2D eigenvalue weighted by atomic mass is 10.4. The average Bonchev–Trinajstić information content (AvgIpc) is 2.14. The maximum absolute atomic E-state index is 11.5. The molecule has 0 saturated heterocycles. The maximum atomic E-state index is 11.5. The summed E-state index contributed by atoms with van der Waals surface area (Å²) in [5, 5.41) is 2.01. The minimum Gasteiger partial charge on any atom is -0.460 e. The highest BCUT2D eigenvalue weighted by Gasteiger charge is 2.14. The summed E-state index contributed by atoms with van der Waals surface area (Å²) in [7, 11) is 0. The van der Waals surface area contributed by atoms with Crippen LogP contribution in [0.2, 0.25) is 0 Å². The summed E-state index contributed by atoms with van der Waals surface area (Å²) in [5.41, 5.74) is -0.223. The molecule has 0 atom stereocenters. The Kier molecular flexibility index (Phi) is 7.02. The van der Waals surface area contributed by atoms with E-state index in [1.807, 2.05) is 5.16 Å². The van der Waals surface area contributed by atoms with Gasteiger partial charge in [0.2, 0.25) is 0 Å². The molecule has 0 N–H and O–H groups in total. The number of hydrogen-bond donors (Lipinski definition) is 0. The Labute approximate surface area is 106 Å². The standard InChI is InChI=1S/C11H15NO4S/c1-7(2)15-10(13)5-9(12-6-17)11(14)16-8(3)4/h5,7-8H,1-4H3/b9-5+. The average molecular weight is 257 g/mol. The quantitative estimate of drug-likeness (QED) is 0.325. The van der Waals surface area contributed by atoms with Crippen LogP contribution < -0.4 is 0 Å². The van der Waals surface area contributed by atoms with Crippen molar-refractivity contribution >= 4 is 29.3 Å².